The molecular formula is C37H62O11. The summed E-state index contributed by atoms with van der Waals surface area (Å²) in [6.07, 6.45) is 4.15. The number of hydrogen-bond acceptors (Lipinski definition) is 10. The van der Waals surface area contributed by atoms with Gasteiger partial charge in [-0.15, -0.1) is 0 Å². The van der Waals surface area contributed by atoms with Crippen LogP contribution in [0.15, 0.2) is 0 Å². The number of aliphatic hydroxyl groups is 3. The maximum atomic E-state index is 11.9. The second-order valence-corrected chi connectivity index (χ2v) is 17.3. The topological polar surface area (TPSA) is 153 Å². The van der Waals surface area contributed by atoms with E-state index in [0.29, 0.717) is 19.3 Å². The number of hydrogen-bond donors (Lipinski definition) is 4. The lowest BCUT2D eigenvalue weighted by atomic mass is 9.78. The third kappa shape index (κ3) is 5.52. The molecule has 0 aromatic rings. The van der Waals surface area contributed by atoms with Crippen molar-refractivity contribution in [3.63, 3.8) is 0 Å². The van der Waals surface area contributed by atoms with Crippen molar-refractivity contribution >= 4 is 5.97 Å². The van der Waals surface area contributed by atoms with E-state index in [0.717, 1.165) is 38.5 Å². The van der Waals surface area contributed by atoms with Gasteiger partial charge in [0.05, 0.1) is 60.4 Å². The van der Waals surface area contributed by atoms with E-state index < -0.39 is 65.2 Å². The smallest absolute Gasteiger partial charge is 0.308 e. The van der Waals surface area contributed by atoms with Crippen LogP contribution in [0.3, 0.4) is 0 Å². The average Bonchev–Trinajstić information content (AvgIpc) is 3.39. The Morgan fingerprint density at radius 1 is 1.02 bits per heavy atom. The first kappa shape index (κ1) is 36.9. The third-order valence-corrected chi connectivity index (χ3v) is 14.3. The quantitative estimate of drug-likeness (QED) is 0.259. The molecule has 6 aliphatic rings. The Kier molecular flexibility index (Phi) is 9.50. The molecule has 276 valence electrons. The van der Waals surface area contributed by atoms with E-state index in [2.05, 4.69) is 27.7 Å². The first-order chi connectivity index (χ1) is 22.4. The molecule has 5 heterocycles. The Labute approximate surface area is 286 Å². The van der Waals surface area contributed by atoms with Crippen molar-refractivity contribution in [2.75, 3.05) is 13.7 Å². The van der Waals surface area contributed by atoms with Gasteiger partial charge in [-0.3, -0.25) is 4.79 Å². The minimum absolute atomic E-state index is 0.0776. The summed E-state index contributed by atoms with van der Waals surface area (Å²) in [5.74, 6) is -4.73. The molecule has 4 N–H and O–H groups in total. The summed E-state index contributed by atoms with van der Waals surface area (Å²) in [5, 5.41) is 42.0. The van der Waals surface area contributed by atoms with Gasteiger partial charge in [0.25, 0.3) is 0 Å². The molecular weight excluding hydrogens is 620 g/mol. The Bertz CT molecular complexity index is 1220. The molecule has 5 saturated heterocycles. The van der Waals surface area contributed by atoms with Crippen LogP contribution in [-0.2, 0) is 33.2 Å². The first-order valence-corrected chi connectivity index (χ1v) is 18.6. The van der Waals surface area contributed by atoms with Gasteiger partial charge in [0.15, 0.2) is 11.6 Å². The van der Waals surface area contributed by atoms with Crippen LogP contribution in [0, 0.1) is 35.0 Å². The van der Waals surface area contributed by atoms with Crippen molar-refractivity contribution in [2.24, 2.45) is 35.0 Å². The molecule has 0 radical (unpaired) electrons. The highest BCUT2D eigenvalue weighted by molar-refractivity contribution is 5.70. The molecule has 6 fully saturated rings. The van der Waals surface area contributed by atoms with Crippen molar-refractivity contribution in [2.45, 2.75) is 178 Å². The number of carboxylic acid groups (broad SMARTS) is 1. The van der Waals surface area contributed by atoms with E-state index >= 15 is 0 Å². The summed E-state index contributed by atoms with van der Waals surface area (Å²) in [7, 11) is 1.53. The molecule has 48 heavy (non-hydrogen) atoms. The molecule has 11 heteroatoms. The maximum Gasteiger partial charge on any atom is 0.308 e. The predicted octanol–water partition coefficient (Wildman–Crippen LogP) is 4.42. The molecule has 0 aromatic carbocycles. The van der Waals surface area contributed by atoms with E-state index in [-0.39, 0.29) is 47.4 Å². The van der Waals surface area contributed by atoms with Gasteiger partial charge in [-0.05, 0) is 64.7 Å². The normalized spacial score (nSPS) is 53.8. The van der Waals surface area contributed by atoms with E-state index in [1.807, 2.05) is 20.8 Å². The van der Waals surface area contributed by atoms with Crippen molar-refractivity contribution < 1.29 is 53.6 Å². The molecule has 6 rings (SSSR count). The van der Waals surface area contributed by atoms with Crippen molar-refractivity contribution in [3.8, 4) is 0 Å². The zero-order chi connectivity index (χ0) is 35.2. The van der Waals surface area contributed by atoms with E-state index in [4.69, 9.17) is 28.4 Å². The van der Waals surface area contributed by atoms with E-state index in [1.54, 1.807) is 6.92 Å². The molecule has 17 atom stereocenters. The largest absolute Gasteiger partial charge is 0.481 e. The fourth-order valence-electron chi connectivity index (χ4n) is 11.0. The summed E-state index contributed by atoms with van der Waals surface area (Å²) in [6, 6.07) is 0. The lowest BCUT2D eigenvalue weighted by molar-refractivity contribution is -0.337. The monoisotopic (exact) mass is 682 g/mol. The summed E-state index contributed by atoms with van der Waals surface area (Å²) in [4.78, 5) is 11.9. The van der Waals surface area contributed by atoms with Gasteiger partial charge in [0, 0.05) is 43.1 Å². The van der Waals surface area contributed by atoms with Gasteiger partial charge >= 0.3 is 5.97 Å². The van der Waals surface area contributed by atoms with E-state index in [1.165, 1.54) is 7.11 Å². The van der Waals surface area contributed by atoms with Crippen LogP contribution in [0.25, 0.3) is 0 Å². The second kappa shape index (κ2) is 12.4. The molecule has 1 spiro atoms. The number of rotatable bonds is 10. The number of carboxylic acids is 1. The van der Waals surface area contributed by atoms with Crippen LogP contribution in [-0.4, -0.2) is 105 Å². The number of methoxy groups -OCH3 is 1. The summed E-state index contributed by atoms with van der Waals surface area (Å²) in [6.45, 7) is 15.7. The number of aliphatic carboxylic acids is 1. The Hall–Kier alpha value is -0.890. The Morgan fingerprint density at radius 2 is 1.73 bits per heavy atom. The zero-order valence-electron chi connectivity index (χ0n) is 30.6. The van der Waals surface area contributed by atoms with E-state index in [9.17, 15) is 25.2 Å². The molecule has 5 aliphatic heterocycles. The highest BCUT2D eigenvalue weighted by atomic mass is 16.7. The third-order valence-electron chi connectivity index (χ3n) is 14.3. The van der Waals surface area contributed by atoms with Crippen LogP contribution in [0.4, 0.5) is 0 Å². The highest BCUT2D eigenvalue weighted by Crippen LogP contribution is 2.75. The fourth-order valence-corrected chi connectivity index (χ4v) is 11.0. The van der Waals surface area contributed by atoms with Gasteiger partial charge in [0.2, 0.25) is 0 Å². The molecule has 1 aliphatic carbocycles. The Balaban J connectivity index is 1.17. The molecule has 0 bridgehead atoms. The summed E-state index contributed by atoms with van der Waals surface area (Å²) >= 11 is 0. The van der Waals surface area contributed by atoms with Crippen LogP contribution in [0.5, 0.6) is 0 Å². The SMILES string of the molecule is CC[C@@]1([C@@]23C[C@]2(C)C[C@H]([C@H]2O[C@@](O)(CO)[C@H](C)C[C@@H]2C)O3)CC[C@H]([C@]2(C)CC[C@]3(C[C@H](O)[C@@H](C)[C@@H]([C@@H](C)[C@@H](OC)[C@H](C)C(=O)O)O3)O2)O1. The Morgan fingerprint density at radius 3 is 2.35 bits per heavy atom. The van der Waals surface area contributed by atoms with Crippen LogP contribution < -0.4 is 0 Å². The second-order valence-electron chi connectivity index (χ2n) is 17.3. The molecule has 0 unspecified atom stereocenters. The first-order valence-electron chi connectivity index (χ1n) is 18.6. The van der Waals surface area contributed by atoms with Crippen molar-refractivity contribution in [3.05, 3.63) is 0 Å². The molecule has 0 amide bonds. The number of aliphatic hydroxyl groups excluding tert-OH is 2. The van der Waals surface area contributed by atoms with Gasteiger partial charge in [-0.25, -0.2) is 0 Å². The van der Waals surface area contributed by atoms with Gasteiger partial charge in [-0.1, -0.05) is 41.5 Å². The minimum Gasteiger partial charge on any atom is -0.481 e. The summed E-state index contributed by atoms with van der Waals surface area (Å²) in [5.41, 5.74) is -1.69. The average molecular weight is 683 g/mol. The molecule has 1 saturated carbocycles. The van der Waals surface area contributed by atoms with Gasteiger partial charge in [-0.2, -0.15) is 0 Å². The maximum absolute atomic E-state index is 11.9. The summed E-state index contributed by atoms with van der Waals surface area (Å²) < 4.78 is 40.0. The zero-order valence-corrected chi connectivity index (χ0v) is 30.6. The minimum atomic E-state index is -1.56. The standard InChI is InChI=1S/C37H62O11/c1-10-34(37-18-32(37,7)17-26(44-37)28-20(2)15-21(3)36(42,19-38)47-28)12-11-27(45-34)33(8)13-14-35(48-33)16-25(39)22(4)30(46-35)23(5)29(43-9)24(6)31(40)41/h20-30,38-39,42H,10-19H2,1-9H3,(H,40,41)/t20-,21+,22+,23-,24-,25-,26+,27+,28-,29+,30-,32-,33-,34-,35+,36-,37+/m0/s1. The van der Waals surface area contributed by atoms with Gasteiger partial charge in [0.1, 0.15) is 5.60 Å². The number of carbonyl (C=O) groups is 1. The van der Waals surface area contributed by atoms with Gasteiger partial charge < -0.3 is 48.8 Å². The number of fused-ring (bicyclic) bond motifs is 1. The lowest BCUT2D eigenvalue weighted by Gasteiger charge is -2.49. The highest BCUT2D eigenvalue weighted by Gasteiger charge is 2.81. The predicted molar refractivity (Wildman–Crippen MR) is 175 cm³/mol. The van der Waals surface area contributed by atoms with Crippen LogP contribution >= 0.6 is 0 Å². The van der Waals surface area contributed by atoms with Crippen molar-refractivity contribution in [1.82, 2.24) is 0 Å². The molecule has 0 aromatic heterocycles. The number of ether oxygens (including phenoxy) is 6. The fraction of sp³-hybridized carbons (Fsp3) is 0.973. The van der Waals surface area contributed by atoms with Crippen LogP contribution in [0.1, 0.15) is 113 Å². The van der Waals surface area contributed by atoms with Crippen molar-refractivity contribution in [1.29, 1.82) is 0 Å². The van der Waals surface area contributed by atoms with Crippen LogP contribution in [0.2, 0.25) is 0 Å². The lowest BCUT2D eigenvalue weighted by Crippen LogP contribution is -2.57. The molecule has 11 nitrogen and oxygen atoms in total.